The van der Waals surface area contributed by atoms with E-state index in [0.29, 0.717) is 18.9 Å². The molecule has 86 valence electrons. The molecule has 0 rings (SSSR count). The lowest BCUT2D eigenvalue weighted by Gasteiger charge is -2.20. The van der Waals surface area contributed by atoms with Crippen LogP contribution in [0.3, 0.4) is 0 Å². The highest BCUT2D eigenvalue weighted by molar-refractivity contribution is 4.70. The van der Waals surface area contributed by atoms with E-state index in [2.05, 4.69) is 5.32 Å². The van der Waals surface area contributed by atoms with Gasteiger partial charge in [0.2, 0.25) is 0 Å². The fourth-order valence-corrected chi connectivity index (χ4v) is 1.38. The Morgan fingerprint density at radius 2 is 1.71 bits per heavy atom. The number of alkyl halides is 3. The van der Waals surface area contributed by atoms with E-state index in [1.165, 1.54) is 0 Å². The average molecular weight is 211 g/mol. The van der Waals surface area contributed by atoms with Gasteiger partial charge in [-0.25, -0.2) is 0 Å². The molecule has 0 aromatic rings. The minimum atomic E-state index is -4.05. The van der Waals surface area contributed by atoms with Crippen LogP contribution in [0.1, 0.15) is 40.0 Å². The maximum atomic E-state index is 12.1. The van der Waals surface area contributed by atoms with Crippen molar-refractivity contribution in [2.75, 3.05) is 6.54 Å². The highest BCUT2D eigenvalue weighted by atomic mass is 19.4. The fourth-order valence-electron chi connectivity index (χ4n) is 1.38. The van der Waals surface area contributed by atoms with E-state index in [1.807, 2.05) is 20.8 Å². The van der Waals surface area contributed by atoms with Gasteiger partial charge in [-0.3, -0.25) is 0 Å². The second-order valence-electron chi connectivity index (χ2n) is 4.05. The van der Waals surface area contributed by atoms with Gasteiger partial charge in [0.15, 0.2) is 0 Å². The molecule has 0 heterocycles. The first-order valence-electron chi connectivity index (χ1n) is 5.15. The molecule has 0 amide bonds. The first-order chi connectivity index (χ1) is 6.35. The van der Waals surface area contributed by atoms with E-state index in [4.69, 9.17) is 0 Å². The molecule has 4 heteroatoms. The molecule has 0 spiro atoms. The second kappa shape index (κ2) is 6.27. The summed E-state index contributed by atoms with van der Waals surface area (Å²) >= 11 is 0. The largest absolute Gasteiger partial charge is 0.390 e. The first-order valence-corrected chi connectivity index (χ1v) is 5.15. The van der Waals surface area contributed by atoms with Crippen molar-refractivity contribution in [1.29, 1.82) is 0 Å². The van der Waals surface area contributed by atoms with Gasteiger partial charge in [-0.05, 0) is 25.3 Å². The topological polar surface area (TPSA) is 12.0 Å². The van der Waals surface area contributed by atoms with Crippen molar-refractivity contribution in [3.63, 3.8) is 0 Å². The third-order valence-corrected chi connectivity index (χ3v) is 2.06. The van der Waals surface area contributed by atoms with Crippen molar-refractivity contribution >= 4 is 0 Å². The van der Waals surface area contributed by atoms with Crippen LogP contribution >= 0.6 is 0 Å². The van der Waals surface area contributed by atoms with E-state index in [1.54, 1.807) is 0 Å². The Labute approximate surface area is 84.1 Å². The molecule has 0 fully saturated rings. The van der Waals surface area contributed by atoms with Crippen LogP contribution in [-0.2, 0) is 0 Å². The van der Waals surface area contributed by atoms with Gasteiger partial charge in [-0.15, -0.1) is 0 Å². The van der Waals surface area contributed by atoms with E-state index >= 15 is 0 Å². The van der Waals surface area contributed by atoms with Crippen LogP contribution in [0.25, 0.3) is 0 Å². The van der Waals surface area contributed by atoms with Crippen LogP contribution in [0.4, 0.5) is 13.2 Å². The smallest absolute Gasteiger partial charge is 0.314 e. The normalized spacial score (nSPS) is 14.8. The summed E-state index contributed by atoms with van der Waals surface area (Å²) < 4.78 is 36.3. The van der Waals surface area contributed by atoms with E-state index in [-0.39, 0.29) is 0 Å². The van der Waals surface area contributed by atoms with Gasteiger partial charge >= 0.3 is 6.18 Å². The van der Waals surface area contributed by atoms with E-state index < -0.39 is 18.6 Å². The highest BCUT2D eigenvalue weighted by Gasteiger charge is 2.31. The van der Waals surface area contributed by atoms with Crippen molar-refractivity contribution in [2.24, 2.45) is 5.92 Å². The van der Waals surface area contributed by atoms with Gasteiger partial charge in [-0.1, -0.05) is 20.8 Å². The Morgan fingerprint density at radius 1 is 1.14 bits per heavy atom. The third-order valence-electron chi connectivity index (χ3n) is 2.06. The van der Waals surface area contributed by atoms with Crippen molar-refractivity contribution in [1.82, 2.24) is 5.32 Å². The molecular weight excluding hydrogens is 191 g/mol. The number of hydrogen-bond donors (Lipinski definition) is 1. The maximum absolute atomic E-state index is 12.1. The van der Waals surface area contributed by atoms with E-state index in [9.17, 15) is 13.2 Å². The molecule has 0 saturated heterocycles. The zero-order valence-corrected chi connectivity index (χ0v) is 9.12. The summed E-state index contributed by atoms with van der Waals surface area (Å²) in [6.07, 6.45) is -3.32. The Morgan fingerprint density at radius 3 is 2.07 bits per heavy atom. The molecule has 1 nitrogen and oxygen atoms in total. The third kappa shape index (κ3) is 8.35. The van der Waals surface area contributed by atoms with E-state index in [0.717, 1.165) is 6.42 Å². The minimum Gasteiger partial charge on any atom is -0.314 e. The lowest BCUT2D eigenvalue weighted by Crippen LogP contribution is -2.33. The quantitative estimate of drug-likeness (QED) is 0.710. The molecule has 1 atom stereocenters. The number of hydrogen-bond acceptors (Lipinski definition) is 1. The maximum Gasteiger partial charge on any atom is 0.390 e. The Bertz CT molecular complexity index is 143. The lowest BCUT2D eigenvalue weighted by molar-refractivity contribution is -0.140. The zero-order chi connectivity index (χ0) is 11.2. The SMILES string of the molecule is CCNC(CCC(C)C)CC(F)(F)F. The number of halogens is 3. The highest BCUT2D eigenvalue weighted by Crippen LogP contribution is 2.24. The van der Waals surface area contributed by atoms with Gasteiger partial charge in [-0.2, -0.15) is 13.2 Å². The van der Waals surface area contributed by atoms with Crippen LogP contribution in [-0.4, -0.2) is 18.8 Å². The Balaban J connectivity index is 3.89. The summed E-state index contributed by atoms with van der Waals surface area (Å²) in [6.45, 7) is 6.48. The predicted octanol–water partition coefficient (Wildman–Crippen LogP) is 3.35. The second-order valence-corrected chi connectivity index (χ2v) is 4.05. The summed E-state index contributed by atoms with van der Waals surface area (Å²) in [5.74, 6) is 0.462. The van der Waals surface area contributed by atoms with Gasteiger partial charge in [0, 0.05) is 6.04 Å². The number of rotatable bonds is 6. The molecule has 0 aromatic carbocycles. The van der Waals surface area contributed by atoms with Crippen LogP contribution < -0.4 is 5.32 Å². The van der Waals surface area contributed by atoms with Crippen molar-refractivity contribution < 1.29 is 13.2 Å². The molecule has 1 N–H and O–H groups in total. The molecule has 0 radical (unpaired) electrons. The lowest BCUT2D eigenvalue weighted by atomic mass is 10.0. The molecule has 0 bridgehead atoms. The number of nitrogens with one attached hydrogen (secondary N) is 1. The standard InChI is InChI=1S/C10H20F3N/c1-4-14-9(6-5-8(2)3)7-10(11,12)13/h8-9,14H,4-7H2,1-3H3. The van der Waals surface area contributed by atoms with Crippen molar-refractivity contribution in [3.05, 3.63) is 0 Å². The van der Waals surface area contributed by atoms with Crippen molar-refractivity contribution in [2.45, 2.75) is 52.3 Å². The Kier molecular flexibility index (Phi) is 6.16. The zero-order valence-electron chi connectivity index (χ0n) is 9.12. The summed E-state index contributed by atoms with van der Waals surface area (Å²) in [7, 11) is 0. The van der Waals surface area contributed by atoms with Crippen LogP contribution in [0.5, 0.6) is 0 Å². The molecule has 0 aromatic heterocycles. The molecule has 0 aliphatic rings. The average Bonchev–Trinajstić information content (AvgIpc) is 1.98. The predicted molar refractivity (Wildman–Crippen MR) is 52.2 cm³/mol. The van der Waals surface area contributed by atoms with Gasteiger partial charge in [0.1, 0.15) is 0 Å². The monoisotopic (exact) mass is 211 g/mol. The van der Waals surface area contributed by atoms with Gasteiger partial charge in [0.25, 0.3) is 0 Å². The molecule has 0 aliphatic carbocycles. The van der Waals surface area contributed by atoms with Crippen LogP contribution in [0.2, 0.25) is 0 Å². The molecule has 14 heavy (non-hydrogen) atoms. The van der Waals surface area contributed by atoms with Gasteiger partial charge in [0.05, 0.1) is 6.42 Å². The first kappa shape index (κ1) is 13.8. The fraction of sp³-hybridized carbons (Fsp3) is 1.00. The minimum absolute atomic E-state index is 0.414. The summed E-state index contributed by atoms with van der Waals surface area (Å²) in [6, 6.07) is -0.414. The van der Waals surface area contributed by atoms with Crippen molar-refractivity contribution in [3.8, 4) is 0 Å². The summed E-state index contributed by atoms with van der Waals surface area (Å²) in [5.41, 5.74) is 0. The van der Waals surface area contributed by atoms with Crippen LogP contribution in [0, 0.1) is 5.92 Å². The molecule has 0 saturated carbocycles. The molecular formula is C10H20F3N. The Hall–Kier alpha value is -0.250. The molecule has 0 aliphatic heterocycles. The molecule has 1 unspecified atom stereocenters. The van der Waals surface area contributed by atoms with Gasteiger partial charge < -0.3 is 5.32 Å². The summed E-state index contributed by atoms with van der Waals surface area (Å²) in [5, 5.41) is 2.87. The summed E-state index contributed by atoms with van der Waals surface area (Å²) in [4.78, 5) is 0. The van der Waals surface area contributed by atoms with Crippen LogP contribution in [0.15, 0.2) is 0 Å².